The van der Waals surface area contributed by atoms with Crippen LogP contribution in [0.2, 0.25) is 0 Å². The second-order valence-corrected chi connectivity index (χ2v) is 3.43. The summed E-state index contributed by atoms with van der Waals surface area (Å²) < 4.78 is 10.3. The number of fused-ring (bicyclic) bond motifs is 1. The van der Waals surface area contributed by atoms with Crippen molar-refractivity contribution in [1.29, 1.82) is 0 Å². The number of carbonyl (C=O) groups is 1. The quantitative estimate of drug-likeness (QED) is 0.632. The van der Waals surface area contributed by atoms with Crippen LogP contribution in [0, 0.1) is 0 Å². The zero-order chi connectivity index (χ0) is 12.8. The van der Waals surface area contributed by atoms with Crippen LogP contribution in [-0.4, -0.2) is 18.7 Å². The van der Waals surface area contributed by atoms with Gasteiger partial charge in [0.25, 0.3) is 0 Å². The largest absolute Gasteiger partial charge is 0.478 e. The number of hydrogen-bond donors (Lipinski definition) is 1. The SMILES string of the molecule is CC.CCOC(=O)C1Cc2cc(N)ccc2O1. The first kappa shape index (κ1) is 13.4. The van der Waals surface area contributed by atoms with E-state index in [1.165, 1.54) is 0 Å². The number of esters is 1. The van der Waals surface area contributed by atoms with Crippen molar-refractivity contribution in [1.82, 2.24) is 0 Å². The Labute approximate surface area is 102 Å². The highest BCUT2D eigenvalue weighted by Gasteiger charge is 2.30. The Morgan fingerprint density at radius 2 is 2.24 bits per heavy atom. The number of hydrogen-bond acceptors (Lipinski definition) is 4. The van der Waals surface area contributed by atoms with Crippen LogP contribution in [0.15, 0.2) is 18.2 Å². The molecule has 1 aliphatic heterocycles. The number of anilines is 1. The third-order valence-electron chi connectivity index (χ3n) is 2.31. The van der Waals surface area contributed by atoms with Gasteiger partial charge in [0.2, 0.25) is 0 Å². The van der Waals surface area contributed by atoms with Gasteiger partial charge in [-0.05, 0) is 25.1 Å². The maximum atomic E-state index is 11.4. The second kappa shape index (κ2) is 6.13. The summed E-state index contributed by atoms with van der Waals surface area (Å²) in [4.78, 5) is 11.4. The zero-order valence-electron chi connectivity index (χ0n) is 10.5. The van der Waals surface area contributed by atoms with Crippen LogP contribution in [0.4, 0.5) is 5.69 Å². The molecule has 2 N–H and O–H groups in total. The Hall–Kier alpha value is -1.71. The number of benzene rings is 1. The Kier molecular flexibility index (Phi) is 4.82. The maximum absolute atomic E-state index is 11.4. The van der Waals surface area contributed by atoms with Gasteiger partial charge in [-0.15, -0.1) is 0 Å². The first-order chi connectivity index (χ1) is 8.20. The Morgan fingerprint density at radius 3 is 2.88 bits per heavy atom. The van der Waals surface area contributed by atoms with E-state index in [1.54, 1.807) is 19.1 Å². The summed E-state index contributed by atoms with van der Waals surface area (Å²) in [7, 11) is 0. The lowest BCUT2D eigenvalue weighted by Gasteiger charge is -2.08. The van der Waals surface area contributed by atoms with Crippen molar-refractivity contribution < 1.29 is 14.3 Å². The molecule has 0 spiro atoms. The summed E-state index contributed by atoms with van der Waals surface area (Å²) in [6, 6.07) is 5.37. The van der Waals surface area contributed by atoms with E-state index < -0.39 is 6.10 Å². The van der Waals surface area contributed by atoms with Gasteiger partial charge in [0.15, 0.2) is 6.10 Å². The molecule has 0 amide bonds. The van der Waals surface area contributed by atoms with E-state index in [4.69, 9.17) is 15.2 Å². The fraction of sp³-hybridized carbons (Fsp3) is 0.462. The van der Waals surface area contributed by atoms with Gasteiger partial charge in [0.05, 0.1) is 6.61 Å². The second-order valence-electron chi connectivity index (χ2n) is 3.43. The third kappa shape index (κ3) is 3.12. The monoisotopic (exact) mass is 237 g/mol. The topological polar surface area (TPSA) is 61.5 Å². The summed E-state index contributed by atoms with van der Waals surface area (Å²) in [6.45, 7) is 6.15. The van der Waals surface area contributed by atoms with Crippen molar-refractivity contribution in [2.75, 3.05) is 12.3 Å². The molecule has 4 heteroatoms. The van der Waals surface area contributed by atoms with Crippen molar-refractivity contribution in [3.63, 3.8) is 0 Å². The predicted octanol–water partition coefficient (Wildman–Crippen LogP) is 2.16. The molecule has 0 aliphatic carbocycles. The number of carbonyl (C=O) groups excluding carboxylic acids is 1. The molecule has 17 heavy (non-hydrogen) atoms. The van der Waals surface area contributed by atoms with E-state index >= 15 is 0 Å². The summed E-state index contributed by atoms with van der Waals surface area (Å²) in [6.07, 6.45) is 0.0286. The van der Waals surface area contributed by atoms with Crippen LogP contribution < -0.4 is 10.5 Å². The lowest BCUT2D eigenvalue weighted by atomic mass is 10.1. The number of nitrogen functional groups attached to an aromatic ring is 1. The van der Waals surface area contributed by atoms with Gasteiger partial charge in [-0.25, -0.2) is 4.79 Å². The standard InChI is InChI=1S/C11H13NO3.C2H6/c1-2-14-11(13)10-6-7-5-8(12)3-4-9(7)15-10;1-2/h3-5,10H,2,6,12H2,1H3;1-2H3. The highest BCUT2D eigenvalue weighted by molar-refractivity contribution is 5.77. The molecule has 4 nitrogen and oxygen atoms in total. The van der Waals surface area contributed by atoms with Crippen molar-refractivity contribution in [3.05, 3.63) is 23.8 Å². The minimum absolute atomic E-state index is 0.313. The molecule has 0 aromatic heterocycles. The van der Waals surface area contributed by atoms with E-state index in [0.29, 0.717) is 18.7 Å². The van der Waals surface area contributed by atoms with E-state index in [9.17, 15) is 4.79 Å². The number of ether oxygens (including phenoxy) is 2. The van der Waals surface area contributed by atoms with E-state index in [0.717, 1.165) is 11.3 Å². The minimum Gasteiger partial charge on any atom is -0.478 e. The van der Waals surface area contributed by atoms with Crippen LogP contribution in [0.5, 0.6) is 5.75 Å². The molecule has 1 aromatic carbocycles. The first-order valence-corrected chi connectivity index (χ1v) is 5.92. The van der Waals surface area contributed by atoms with Gasteiger partial charge in [-0.1, -0.05) is 13.8 Å². The molecule has 94 valence electrons. The Morgan fingerprint density at radius 1 is 1.53 bits per heavy atom. The first-order valence-electron chi connectivity index (χ1n) is 5.92. The Bertz CT molecular complexity index is 390. The lowest BCUT2D eigenvalue weighted by Crippen LogP contribution is -2.27. The molecule has 1 atom stereocenters. The van der Waals surface area contributed by atoms with Crippen LogP contribution in [0.1, 0.15) is 26.3 Å². The predicted molar refractivity (Wildman–Crippen MR) is 67.0 cm³/mol. The summed E-state index contributed by atoms with van der Waals surface area (Å²) in [5, 5.41) is 0. The summed E-state index contributed by atoms with van der Waals surface area (Å²) >= 11 is 0. The van der Waals surface area contributed by atoms with Crippen molar-refractivity contribution in [2.24, 2.45) is 0 Å². The normalized spacial score (nSPS) is 16.3. The molecule has 1 aliphatic rings. The van der Waals surface area contributed by atoms with Crippen molar-refractivity contribution in [3.8, 4) is 5.75 Å². The van der Waals surface area contributed by atoms with Gasteiger partial charge in [-0.2, -0.15) is 0 Å². The average Bonchev–Trinajstić information content (AvgIpc) is 2.75. The molecule has 1 heterocycles. The molecule has 1 unspecified atom stereocenters. The maximum Gasteiger partial charge on any atom is 0.347 e. The summed E-state index contributed by atoms with van der Waals surface area (Å²) in [5.41, 5.74) is 7.29. The molecule has 0 fully saturated rings. The van der Waals surface area contributed by atoms with Crippen molar-refractivity contribution >= 4 is 11.7 Å². The molecule has 2 rings (SSSR count). The summed E-state index contributed by atoms with van der Waals surface area (Å²) in [5.74, 6) is 0.412. The molecule has 0 saturated carbocycles. The molecule has 0 bridgehead atoms. The fourth-order valence-electron chi connectivity index (χ4n) is 1.64. The van der Waals surface area contributed by atoms with Gasteiger partial charge < -0.3 is 15.2 Å². The van der Waals surface area contributed by atoms with Crippen LogP contribution in [0.3, 0.4) is 0 Å². The third-order valence-corrected chi connectivity index (χ3v) is 2.31. The van der Waals surface area contributed by atoms with Gasteiger partial charge in [-0.3, -0.25) is 0 Å². The average molecular weight is 237 g/mol. The minimum atomic E-state index is -0.512. The van der Waals surface area contributed by atoms with E-state index in [-0.39, 0.29) is 5.97 Å². The Balaban J connectivity index is 0.000000686. The highest BCUT2D eigenvalue weighted by Crippen LogP contribution is 2.30. The number of nitrogens with two attached hydrogens (primary N) is 1. The highest BCUT2D eigenvalue weighted by atomic mass is 16.6. The van der Waals surface area contributed by atoms with Gasteiger partial charge in [0, 0.05) is 17.7 Å². The smallest absolute Gasteiger partial charge is 0.347 e. The van der Waals surface area contributed by atoms with Crippen LogP contribution >= 0.6 is 0 Å². The fourth-order valence-corrected chi connectivity index (χ4v) is 1.64. The van der Waals surface area contributed by atoms with Crippen molar-refractivity contribution in [2.45, 2.75) is 33.3 Å². The number of rotatable bonds is 2. The van der Waals surface area contributed by atoms with Crippen LogP contribution in [0.25, 0.3) is 0 Å². The lowest BCUT2D eigenvalue weighted by molar-refractivity contribution is -0.150. The van der Waals surface area contributed by atoms with Gasteiger partial charge in [0.1, 0.15) is 5.75 Å². The molecule has 0 radical (unpaired) electrons. The molecular weight excluding hydrogens is 218 g/mol. The van der Waals surface area contributed by atoms with E-state index in [1.807, 2.05) is 19.9 Å². The molecule has 0 saturated heterocycles. The van der Waals surface area contributed by atoms with Gasteiger partial charge >= 0.3 is 5.97 Å². The molecule has 1 aromatic rings. The molecular formula is C13H19NO3. The van der Waals surface area contributed by atoms with E-state index in [2.05, 4.69) is 0 Å². The zero-order valence-corrected chi connectivity index (χ0v) is 10.5. The van der Waals surface area contributed by atoms with Crippen LogP contribution in [-0.2, 0) is 16.0 Å².